The lowest BCUT2D eigenvalue weighted by Gasteiger charge is -2.00. The molecule has 0 saturated carbocycles. The molecule has 3 nitrogen and oxygen atoms in total. The van der Waals surface area contributed by atoms with Crippen LogP contribution >= 0.6 is 0 Å². The molecular formula is C9H7FNO2. The van der Waals surface area contributed by atoms with E-state index >= 15 is 0 Å². The molecule has 0 aromatic heterocycles. The van der Waals surface area contributed by atoms with E-state index in [0.717, 1.165) is 6.07 Å². The zero-order valence-electron chi connectivity index (χ0n) is 6.93. The summed E-state index contributed by atoms with van der Waals surface area (Å²) in [6.45, 7) is 0. The predicted molar refractivity (Wildman–Crippen MR) is 44.6 cm³/mol. The van der Waals surface area contributed by atoms with E-state index in [1.165, 1.54) is 25.5 Å². The van der Waals surface area contributed by atoms with E-state index in [0.29, 0.717) is 0 Å². The Morgan fingerprint density at radius 3 is 2.69 bits per heavy atom. The maximum absolute atomic E-state index is 13.0. The number of nitrogens with one attached hydrogen (secondary N) is 1. The Morgan fingerprint density at radius 2 is 2.23 bits per heavy atom. The molecule has 1 aromatic carbocycles. The van der Waals surface area contributed by atoms with Gasteiger partial charge in [0.05, 0.1) is 5.56 Å². The second-order valence-corrected chi connectivity index (χ2v) is 2.38. The Kier molecular flexibility index (Phi) is 2.74. The second-order valence-electron chi connectivity index (χ2n) is 2.38. The van der Waals surface area contributed by atoms with Crippen molar-refractivity contribution in [2.24, 2.45) is 0 Å². The van der Waals surface area contributed by atoms with Crippen molar-refractivity contribution < 1.29 is 14.0 Å². The van der Waals surface area contributed by atoms with Gasteiger partial charge in [-0.15, -0.1) is 0 Å². The van der Waals surface area contributed by atoms with Crippen LogP contribution in [0.4, 0.5) is 4.39 Å². The second kappa shape index (κ2) is 3.80. The van der Waals surface area contributed by atoms with Gasteiger partial charge in [0.15, 0.2) is 0 Å². The van der Waals surface area contributed by atoms with Crippen LogP contribution in [0.1, 0.15) is 15.9 Å². The lowest BCUT2D eigenvalue weighted by molar-refractivity contribution is 0.0959. The van der Waals surface area contributed by atoms with Gasteiger partial charge in [0, 0.05) is 12.6 Å². The summed E-state index contributed by atoms with van der Waals surface area (Å²) in [6.07, 6.45) is 1.53. The van der Waals surface area contributed by atoms with Crippen LogP contribution in [0.25, 0.3) is 0 Å². The van der Waals surface area contributed by atoms with Crippen LogP contribution in [0.5, 0.6) is 0 Å². The molecule has 1 amide bonds. The van der Waals surface area contributed by atoms with Crippen LogP contribution in [0, 0.1) is 5.82 Å². The highest BCUT2D eigenvalue weighted by atomic mass is 19.1. The minimum absolute atomic E-state index is 0.0819. The Bertz CT molecular complexity index is 349. The topological polar surface area (TPSA) is 46.2 Å². The maximum atomic E-state index is 13.0. The average Bonchev–Trinajstić information content (AvgIpc) is 2.16. The lowest BCUT2D eigenvalue weighted by atomic mass is 10.1. The smallest absolute Gasteiger partial charge is 0.253 e. The van der Waals surface area contributed by atoms with Crippen molar-refractivity contribution in [1.29, 1.82) is 0 Å². The minimum Gasteiger partial charge on any atom is -0.355 e. The zero-order valence-corrected chi connectivity index (χ0v) is 6.93. The first-order valence-electron chi connectivity index (χ1n) is 3.59. The fourth-order valence-corrected chi connectivity index (χ4v) is 0.897. The van der Waals surface area contributed by atoms with Crippen molar-refractivity contribution in [3.63, 3.8) is 0 Å². The Hall–Kier alpha value is -1.71. The van der Waals surface area contributed by atoms with Crippen LogP contribution in [-0.4, -0.2) is 19.2 Å². The summed E-state index contributed by atoms with van der Waals surface area (Å²) in [4.78, 5) is 21.1. The zero-order chi connectivity index (χ0) is 9.84. The molecule has 1 rings (SSSR count). The van der Waals surface area contributed by atoms with Gasteiger partial charge >= 0.3 is 0 Å². The summed E-state index contributed by atoms with van der Waals surface area (Å²) in [7, 11) is 1.40. The molecule has 0 fully saturated rings. The van der Waals surface area contributed by atoms with Gasteiger partial charge < -0.3 is 5.32 Å². The van der Waals surface area contributed by atoms with E-state index in [1.807, 2.05) is 0 Å². The van der Waals surface area contributed by atoms with Crippen molar-refractivity contribution in [3.05, 3.63) is 35.1 Å². The largest absolute Gasteiger partial charge is 0.355 e. The Balaban J connectivity index is 3.12. The van der Waals surface area contributed by atoms with Crippen molar-refractivity contribution in [2.45, 2.75) is 0 Å². The van der Waals surface area contributed by atoms with Gasteiger partial charge in [0.2, 0.25) is 6.29 Å². The Morgan fingerprint density at radius 1 is 1.54 bits per heavy atom. The standard InChI is InChI=1S/C9H7FNO2/c1-11-9(13)7-3-2-6(5-12)4-8(7)10/h2-4H,1H3,(H,11,13). The lowest BCUT2D eigenvalue weighted by Crippen LogP contribution is -2.19. The molecule has 13 heavy (non-hydrogen) atoms. The maximum Gasteiger partial charge on any atom is 0.253 e. The molecule has 0 aliphatic heterocycles. The number of hydrogen-bond acceptors (Lipinski definition) is 2. The molecular weight excluding hydrogens is 173 g/mol. The molecule has 1 radical (unpaired) electrons. The molecule has 0 unspecified atom stereocenters. The summed E-state index contributed by atoms with van der Waals surface area (Å²) >= 11 is 0. The summed E-state index contributed by atoms with van der Waals surface area (Å²) in [5.74, 6) is -1.24. The number of amides is 1. The molecule has 0 aliphatic carbocycles. The van der Waals surface area contributed by atoms with E-state index in [2.05, 4.69) is 5.32 Å². The minimum atomic E-state index is -0.722. The van der Waals surface area contributed by atoms with Crippen molar-refractivity contribution in [3.8, 4) is 0 Å². The van der Waals surface area contributed by atoms with Crippen LogP contribution in [0.15, 0.2) is 18.2 Å². The molecule has 67 valence electrons. The first kappa shape index (κ1) is 9.38. The van der Waals surface area contributed by atoms with Crippen molar-refractivity contribution >= 4 is 12.2 Å². The summed E-state index contributed by atoms with van der Waals surface area (Å²) in [5, 5.41) is 2.28. The number of halogens is 1. The van der Waals surface area contributed by atoms with Crippen molar-refractivity contribution in [2.75, 3.05) is 7.05 Å². The van der Waals surface area contributed by atoms with E-state index in [1.54, 1.807) is 0 Å². The molecule has 4 heteroatoms. The molecule has 0 heterocycles. The van der Waals surface area contributed by atoms with Crippen LogP contribution in [0.2, 0.25) is 0 Å². The number of carbonyl (C=O) groups is 1. The van der Waals surface area contributed by atoms with Gasteiger partial charge in [-0.3, -0.25) is 9.59 Å². The van der Waals surface area contributed by atoms with Crippen molar-refractivity contribution in [1.82, 2.24) is 5.32 Å². The summed E-state index contributed by atoms with van der Waals surface area (Å²) in [5.41, 5.74) is 0.00616. The number of rotatable bonds is 2. The fourth-order valence-electron chi connectivity index (χ4n) is 0.897. The molecule has 0 bridgehead atoms. The highest BCUT2D eigenvalue weighted by Crippen LogP contribution is 2.08. The van der Waals surface area contributed by atoms with Crippen LogP contribution < -0.4 is 5.32 Å². The molecule has 0 spiro atoms. The van der Waals surface area contributed by atoms with Gasteiger partial charge in [0.25, 0.3) is 5.91 Å². The number of carbonyl (C=O) groups excluding carboxylic acids is 2. The first-order valence-corrected chi connectivity index (χ1v) is 3.59. The monoisotopic (exact) mass is 180 g/mol. The molecule has 0 aliphatic rings. The van der Waals surface area contributed by atoms with E-state index in [9.17, 15) is 14.0 Å². The molecule has 0 saturated heterocycles. The fraction of sp³-hybridized carbons (Fsp3) is 0.111. The van der Waals surface area contributed by atoms with Crippen LogP contribution in [-0.2, 0) is 4.79 Å². The number of benzene rings is 1. The van der Waals surface area contributed by atoms with Gasteiger partial charge in [-0.1, -0.05) is 0 Å². The SMILES string of the molecule is CNC(=O)c1ccc([C]=O)cc1F. The van der Waals surface area contributed by atoms with Gasteiger partial charge in [-0.05, 0) is 18.2 Å². The summed E-state index contributed by atoms with van der Waals surface area (Å²) in [6, 6.07) is 3.55. The third-order valence-corrected chi connectivity index (χ3v) is 1.56. The first-order chi connectivity index (χ1) is 6.19. The van der Waals surface area contributed by atoms with E-state index in [4.69, 9.17) is 0 Å². The molecule has 0 atom stereocenters. The normalized spacial score (nSPS) is 9.38. The third-order valence-electron chi connectivity index (χ3n) is 1.56. The van der Waals surface area contributed by atoms with Crippen LogP contribution in [0.3, 0.4) is 0 Å². The predicted octanol–water partition coefficient (Wildman–Crippen LogP) is 0.643. The van der Waals surface area contributed by atoms with Gasteiger partial charge in [-0.2, -0.15) is 0 Å². The van der Waals surface area contributed by atoms with Gasteiger partial charge in [0.1, 0.15) is 5.82 Å². The van der Waals surface area contributed by atoms with E-state index < -0.39 is 11.7 Å². The highest BCUT2D eigenvalue weighted by molar-refractivity contribution is 5.94. The van der Waals surface area contributed by atoms with E-state index in [-0.39, 0.29) is 11.1 Å². The molecule has 1 N–H and O–H groups in total. The quantitative estimate of drug-likeness (QED) is 0.726. The average molecular weight is 180 g/mol. The van der Waals surface area contributed by atoms with Gasteiger partial charge in [-0.25, -0.2) is 4.39 Å². The molecule has 1 aromatic rings. The number of hydrogen-bond donors (Lipinski definition) is 1. The third kappa shape index (κ3) is 1.90. The highest BCUT2D eigenvalue weighted by Gasteiger charge is 2.09. The summed E-state index contributed by atoms with van der Waals surface area (Å²) < 4.78 is 13.0. The Labute approximate surface area is 74.6 Å².